The Hall–Kier alpha value is -1.55. The minimum Gasteiger partial charge on any atom is -0.444 e. The summed E-state index contributed by atoms with van der Waals surface area (Å²) >= 11 is 0. The van der Waals surface area contributed by atoms with E-state index in [4.69, 9.17) is 4.74 Å². The number of benzene rings is 1. The van der Waals surface area contributed by atoms with Crippen LogP contribution in [0.25, 0.3) is 0 Å². The third-order valence-corrected chi connectivity index (χ3v) is 2.38. The summed E-state index contributed by atoms with van der Waals surface area (Å²) in [6.45, 7) is 5.78. The lowest BCUT2D eigenvalue weighted by molar-refractivity contribution is 0.0521. The maximum Gasteiger partial charge on any atom is 0.407 e. The Balaban J connectivity index is 2.48. The summed E-state index contributed by atoms with van der Waals surface area (Å²) in [4.78, 5) is 11.5. The number of hydrogen-bond donors (Lipinski definition) is 2. The molecule has 0 fully saturated rings. The summed E-state index contributed by atoms with van der Waals surface area (Å²) in [7, 11) is 0. The molecule has 2 N–H and O–H groups in total. The van der Waals surface area contributed by atoms with Crippen LogP contribution >= 0.6 is 0 Å². The smallest absolute Gasteiger partial charge is 0.407 e. The third-order valence-electron chi connectivity index (χ3n) is 2.38. The lowest BCUT2D eigenvalue weighted by Gasteiger charge is -2.21. The molecule has 0 heterocycles. The van der Waals surface area contributed by atoms with E-state index in [-0.39, 0.29) is 12.5 Å². The first kappa shape index (κ1) is 14.5. The summed E-state index contributed by atoms with van der Waals surface area (Å²) in [6, 6.07) is 9.59. The van der Waals surface area contributed by atoms with Gasteiger partial charge in [-0.25, -0.2) is 4.79 Å². The number of carbonyl (C=O) groups excluding carboxylic acids is 1. The normalized spacial score (nSPS) is 12.9. The number of nitrogens with one attached hydrogen (secondary N) is 1. The molecule has 1 aromatic carbocycles. The fraction of sp³-hybridized carbons (Fsp3) is 0.500. The zero-order valence-electron chi connectivity index (χ0n) is 11.1. The lowest BCUT2D eigenvalue weighted by atomic mass is 10.0. The van der Waals surface area contributed by atoms with Crippen molar-refractivity contribution in [2.45, 2.75) is 32.3 Å². The van der Waals surface area contributed by atoms with Crippen molar-refractivity contribution in [2.75, 3.05) is 13.2 Å². The van der Waals surface area contributed by atoms with Gasteiger partial charge in [0, 0.05) is 12.5 Å². The second-order valence-electron chi connectivity index (χ2n) is 5.17. The van der Waals surface area contributed by atoms with Crippen molar-refractivity contribution in [3.05, 3.63) is 35.9 Å². The Morgan fingerprint density at radius 3 is 2.44 bits per heavy atom. The first-order valence-corrected chi connectivity index (χ1v) is 6.05. The Morgan fingerprint density at radius 1 is 1.33 bits per heavy atom. The van der Waals surface area contributed by atoms with E-state index in [1.807, 2.05) is 51.1 Å². The first-order valence-electron chi connectivity index (χ1n) is 6.05. The maximum atomic E-state index is 11.5. The van der Waals surface area contributed by atoms with Crippen LogP contribution in [-0.2, 0) is 4.74 Å². The van der Waals surface area contributed by atoms with Crippen LogP contribution in [0, 0.1) is 0 Å². The summed E-state index contributed by atoms with van der Waals surface area (Å²) < 4.78 is 5.14. The zero-order valence-corrected chi connectivity index (χ0v) is 11.1. The molecule has 0 bridgehead atoms. The highest BCUT2D eigenvalue weighted by atomic mass is 16.6. The molecule has 0 radical (unpaired) electrons. The van der Waals surface area contributed by atoms with E-state index in [1.54, 1.807) is 0 Å². The molecule has 100 valence electrons. The average molecular weight is 251 g/mol. The summed E-state index contributed by atoms with van der Waals surface area (Å²) in [5.74, 6) is -0.112. The molecular weight excluding hydrogens is 230 g/mol. The predicted octanol–water partition coefficient (Wildman–Crippen LogP) is 2.29. The van der Waals surface area contributed by atoms with Crippen LogP contribution in [0.1, 0.15) is 32.3 Å². The number of amides is 1. The van der Waals surface area contributed by atoms with Gasteiger partial charge in [0.25, 0.3) is 0 Å². The van der Waals surface area contributed by atoms with Crippen molar-refractivity contribution in [1.82, 2.24) is 5.32 Å². The SMILES string of the molecule is CC(C)(C)OC(=O)NC[C@H](CO)c1ccccc1. The fourth-order valence-corrected chi connectivity index (χ4v) is 1.53. The van der Waals surface area contributed by atoms with E-state index in [0.29, 0.717) is 6.54 Å². The minimum absolute atomic E-state index is 0.0141. The van der Waals surface area contributed by atoms with Crippen molar-refractivity contribution in [2.24, 2.45) is 0 Å². The molecule has 18 heavy (non-hydrogen) atoms. The number of carbonyl (C=O) groups is 1. The first-order chi connectivity index (χ1) is 8.42. The molecule has 1 rings (SSSR count). The molecular formula is C14H21NO3. The van der Waals surface area contributed by atoms with Gasteiger partial charge in [0.05, 0.1) is 6.61 Å². The van der Waals surface area contributed by atoms with Crippen molar-refractivity contribution in [3.63, 3.8) is 0 Å². The molecule has 0 aromatic heterocycles. The maximum absolute atomic E-state index is 11.5. The molecule has 0 aliphatic rings. The Morgan fingerprint density at radius 2 is 1.94 bits per heavy atom. The summed E-state index contributed by atoms with van der Waals surface area (Å²) in [5, 5.41) is 12.0. The fourth-order valence-electron chi connectivity index (χ4n) is 1.53. The number of rotatable bonds is 4. The molecule has 1 amide bonds. The van der Waals surface area contributed by atoms with Crippen molar-refractivity contribution < 1.29 is 14.6 Å². The van der Waals surface area contributed by atoms with Gasteiger partial charge in [-0.15, -0.1) is 0 Å². The number of aliphatic hydroxyl groups is 1. The van der Waals surface area contributed by atoms with Gasteiger partial charge in [-0.2, -0.15) is 0 Å². The molecule has 1 atom stereocenters. The molecule has 0 saturated carbocycles. The van der Waals surface area contributed by atoms with Crippen LogP contribution in [-0.4, -0.2) is 30.0 Å². The number of hydrogen-bond acceptors (Lipinski definition) is 3. The van der Waals surface area contributed by atoms with E-state index in [2.05, 4.69) is 5.32 Å². The monoisotopic (exact) mass is 251 g/mol. The van der Waals surface area contributed by atoms with Crippen LogP contribution in [0.5, 0.6) is 0 Å². The third kappa shape index (κ3) is 5.19. The average Bonchev–Trinajstić information content (AvgIpc) is 2.29. The standard InChI is InChI=1S/C14H21NO3/c1-14(2,3)18-13(17)15-9-12(10-16)11-7-5-4-6-8-11/h4-8,12,16H,9-10H2,1-3H3,(H,15,17)/t12-/m1/s1. The topological polar surface area (TPSA) is 58.6 Å². The Kier molecular flexibility index (Phi) is 5.16. The van der Waals surface area contributed by atoms with Crippen LogP contribution in [0.3, 0.4) is 0 Å². The van der Waals surface area contributed by atoms with E-state index in [1.165, 1.54) is 0 Å². The number of alkyl carbamates (subject to hydrolysis) is 1. The van der Waals surface area contributed by atoms with Gasteiger partial charge in [0.2, 0.25) is 0 Å². The van der Waals surface area contributed by atoms with Gasteiger partial charge in [-0.3, -0.25) is 0 Å². The zero-order chi connectivity index (χ0) is 13.6. The Labute approximate surface area is 108 Å². The number of aliphatic hydroxyl groups excluding tert-OH is 1. The van der Waals surface area contributed by atoms with E-state index in [0.717, 1.165) is 5.56 Å². The number of ether oxygens (including phenoxy) is 1. The van der Waals surface area contributed by atoms with Crippen LogP contribution < -0.4 is 5.32 Å². The highest BCUT2D eigenvalue weighted by Crippen LogP contribution is 2.14. The second kappa shape index (κ2) is 6.40. The quantitative estimate of drug-likeness (QED) is 0.863. The van der Waals surface area contributed by atoms with E-state index in [9.17, 15) is 9.90 Å². The van der Waals surface area contributed by atoms with Crippen molar-refractivity contribution >= 4 is 6.09 Å². The highest BCUT2D eigenvalue weighted by molar-refractivity contribution is 5.67. The van der Waals surface area contributed by atoms with Gasteiger partial charge in [-0.05, 0) is 26.3 Å². The molecule has 0 spiro atoms. The van der Waals surface area contributed by atoms with E-state index < -0.39 is 11.7 Å². The van der Waals surface area contributed by atoms with Crippen LogP contribution in [0.4, 0.5) is 4.79 Å². The molecule has 0 saturated heterocycles. The second-order valence-corrected chi connectivity index (χ2v) is 5.17. The summed E-state index contributed by atoms with van der Waals surface area (Å²) in [6.07, 6.45) is -0.461. The van der Waals surface area contributed by atoms with Crippen LogP contribution in [0.2, 0.25) is 0 Å². The molecule has 1 aromatic rings. The van der Waals surface area contributed by atoms with Gasteiger partial charge < -0.3 is 15.2 Å². The molecule has 0 aliphatic heterocycles. The Bertz CT molecular complexity index is 370. The largest absolute Gasteiger partial charge is 0.444 e. The van der Waals surface area contributed by atoms with Gasteiger partial charge in [-0.1, -0.05) is 30.3 Å². The molecule has 0 aliphatic carbocycles. The van der Waals surface area contributed by atoms with Gasteiger partial charge in [0.1, 0.15) is 5.60 Å². The molecule has 4 nitrogen and oxygen atoms in total. The van der Waals surface area contributed by atoms with E-state index >= 15 is 0 Å². The van der Waals surface area contributed by atoms with Crippen molar-refractivity contribution in [3.8, 4) is 0 Å². The van der Waals surface area contributed by atoms with Gasteiger partial charge >= 0.3 is 6.09 Å². The molecule has 4 heteroatoms. The van der Waals surface area contributed by atoms with Gasteiger partial charge in [0.15, 0.2) is 0 Å². The lowest BCUT2D eigenvalue weighted by Crippen LogP contribution is -2.35. The van der Waals surface area contributed by atoms with Crippen molar-refractivity contribution in [1.29, 1.82) is 0 Å². The predicted molar refractivity (Wildman–Crippen MR) is 70.5 cm³/mol. The van der Waals surface area contributed by atoms with Crippen LogP contribution in [0.15, 0.2) is 30.3 Å². The highest BCUT2D eigenvalue weighted by Gasteiger charge is 2.17. The summed E-state index contributed by atoms with van der Waals surface area (Å²) in [5.41, 5.74) is 0.488. The minimum atomic E-state index is -0.508. The molecule has 0 unspecified atom stereocenters.